The lowest BCUT2D eigenvalue weighted by Gasteiger charge is -2.26. The molecule has 0 atom stereocenters. The van der Waals surface area contributed by atoms with E-state index in [4.69, 9.17) is 16.3 Å². The second kappa shape index (κ2) is 11.0. The Hall–Kier alpha value is -3.56. The monoisotopic (exact) mass is 527 g/mol. The van der Waals surface area contributed by atoms with Crippen LogP contribution >= 0.6 is 11.6 Å². The Labute approximate surface area is 215 Å². The molecule has 0 spiro atoms. The lowest BCUT2D eigenvalue weighted by Crippen LogP contribution is -2.38. The van der Waals surface area contributed by atoms with Gasteiger partial charge >= 0.3 is 0 Å². The quantitative estimate of drug-likeness (QED) is 0.435. The Bertz CT molecular complexity index is 1340. The molecule has 36 heavy (non-hydrogen) atoms. The van der Waals surface area contributed by atoms with E-state index in [9.17, 15) is 18.0 Å². The van der Waals surface area contributed by atoms with Gasteiger partial charge in [0.2, 0.25) is 11.8 Å². The fourth-order valence-electron chi connectivity index (χ4n) is 3.95. The van der Waals surface area contributed by atoms with Crippen molar-refractivity contribution in [3.05, 3.63) is 77.8 Å². The second-order valence-corrected chi connectivity index (χ2v) is 10.4. The highest BCUT2D eigenvalue weighted by atomic mass is 35.5. The third-order valence-electron chi connectivity index (χ3n) is 5.66. The zero-order valence-corrected chi connectivity index (χ0v) is 21.3. The van der Waals surface area contributed by atoms with E-state index < -0.39 is 22.5 Å². The highest BCUT2D eigenvalue weighted by molar-refractivity contribution is 7.92. The van der Waals surface area contributed by atoms with Gasteiger partial charge in [0.1, 0.15) is 12.3 Å². The maximum atomic E-state index is 13.6. The van der Waals surface area contributed by atoms with Gasteiger partial charge in [0.25, 0.3) is 10.0 Å². The van der Waals surface area contributed by atoms with Crippen LogP contribution in [-0.2, 0) is 19.6 Å². The fourth-order valence-corrected chi connectivity index (χ4v) is 5.51. The minimum absolute atomic E-state index is 0.00867. The molecule has 2 amide bonds. The van der Waals surface area contributed by atoms with Crippen LogP contribution in [0.2, 0.25) is 5.02 Å². The lowest BCUT2D eigenvalue weighted by atomic mass is 10.2. The van der Waals surface area contributed by atoms with Gasteiger partial charge < -0.3 is 15.0 Å². The molecule has 1 saturated heterocycles. The van der Waals surface area contributed by atoms with E-state index in [1.54, 1.807) is 60.4 Å². The lowest BCUT2D eigenvalue weighted by molar-refractivity contribution is -0.117. The summed E-state index contributed by atoms with van der Waals surface area (Å²) in [5.41, 5.74) is 1.48. The van der Waals surface area contributed by atoms with Gasteiger partial charge in [-0.15, -0.1) is 0 Å². The van der Waals surface area contributed by atoms with Crippen molar-refractivity contribution in [2.45, 2.75) is 24.7 Å². The van der Waals surface area contributed by atoms with Crippen LogP contribution in [0.4, 0.5) is 17.1 Å². The van der Waals surface area contributed by atoms with E-state index in [2.05, 4.69) is 5.32 Å². The highest BCUT2D eigenvalue weighted by Gasteiger charge is 2.29. The van der Waals surface area contributed by atoms with E-state index in [1.165, 1.54) is 24.3 Å². The minimum atomic E-state index is -4.13. The Kier molecular flexibility index (Phi) is 7.81. The standard InChI is InChI=1S/C26H26ClN3O5S/c1-2-35-24-7-4-3-6-23(24)30(36(33,34)22-15-9-19(27)10-16-22)18-25(31)28-20-11-13-21(14-12-20)29-17-5-8-26(29)32/h3-4,6-7,9-16H,2,5,8,17-18H2,1H3,(H,28,31). The summed E-state index contributed by atoms with van der Waals surface area (Å²) in [6.07, 6.45) is 1.35. The molecular formula is C26H26ClN3O5S. The third kappa shape index (κ3) is 5.63. The van der Waals surface area contributed by atoms with Crippen molar-refractivity contribution < 1.29 is 22.7 Å². The van der Waals surface area contributed by atoms with E-state index in [0.29, 0.717) is 36.0 Å². The summed E-state index contributed by atoms with van der Waals surface area (Å²) in [5, 5.41) is 3.14. The van der Waals surface area contributed by atoms with Gasteiger partial charge in [-0.1, -0.05) is 23.7 Å². The summed E-state index contributed by atoms with van der Waals surface area (Å²) < 4.78 is 33.9. The van der Waals surface area contributed by atoms with Crippen LogP contribution in [0.1, 0.15) is 19.8 Å². The number of hydrogen-bond acceptors (Lipinski definition) is 5. The zero-order chi connectivity index (χ0) is 25.7. The van der Waals surface area contributed by atoms with Gasteiger partial charge in [-0.2, -0.15) is 0 Å². The predicted molar refractivity (Wildman–Crippen MR) is 140 cm³/mol. The molecule has 10 heteroatoms. The summed E-state index contributed by atoms with van der Waals surface area (Å²) in [5.74, 6) is -0.128. The van der Waals surface area contributed by atoms with Crippen LogP contribution in [0.25, 0.3) is 0 Å². The molecule has 0 saturated carbocycles. The average molecular weight is 528 g/mol. The highest BCUT2D eigenvalue weighted by Crippen LogP contribution is 2.33. The van der Waals surface area contributed by atoms with Crippen LogP contribution in [0.15, 0.2) is 77.7 Å². The first kappa shape index (κ1) is 25.5. The molecule has 1 aliphatic heterocycles. The molecule has 1 N–H and O–H groups in total. The number of sulfonamides is 1. The normalized spacial score (nSPS) is 13.5. The van der Waals surface area contributed by atoms with Gasteiger partial charge in [0.05, 0.1) is 17.2 Å². The molecule has 0 aromatic heterocycles. The van der Waals surface area contributed by atoms with E-state index >= 15 is 0 Å². The third-order valence-corrected chi connectivity index (χ3v) is 7.68. The molecule has 0 aliphatic carbocycles. The molecule has 1 fully saturated rings. The van der Waals surface area contributed by atoms with Crippen molar-refractivity contribution in [2.24, 2.45) is 0 Å². The van der Waals surface area contributed by atoms with Crippen molar-refractivity contribution in [1.29, 1.82) is 0 Å². The second-order valence-electron chi connectivity index (χ2n) is 8.11. The summed E-state index contributed by atoms with van der Waals surface area (Å²) in [6, 6.07) is 19.3. The Morgan fingerprint density at radius 2 is 1.75 bits per heavy atom. The van der Waals surface area contributed by atoms with Crippen LogP contribution in [0.5, 0.6) is 5.75 Å². The van der Waals surface area contributed by atoms with Crippen LogP contribution in [-0.4, -0.2) is 39.9 Å². The maximum Gasteiger partial charge on any atom is 0.264 e. The maximum absolute atomic E-state index is 13.6. The molecule has 0 bridgehead atoms. The topological polar surface area (TPSA) is 96.0 Å². The van der Waals surface area contributed by atoms with E-state index in [0.717, 1.165) is 16.4 Å². The van der Waals surface area contributed by atoms with Gasteiger partial charge in [-0.25, -0.2) is 8.42 Å². The number of anilines is 3. The largest absolute Gasteiger partial charge is 0.492 e. The van der Waals surface area contributed by atoms with Gasteiger partial charge in [0.15, 0.2) is 0 Å². The molecule has 3 aromatic rings. The minimum Gasteiger partial charge on any atom is -0.492 e. The number of carbonyl (C=O) groups is 2. The van der Waals surface area contributed by atoms with E-state index in [1.807, 2.05) is 0 Å². The van der Waals surface area contributed by atoms with E-state index in [-0.39, 0.29) is 16.5 Å². The number of carbonyl (C=O) groups excluding carboxylic acids is 2. The van der Waals surface area contributed by atoms with Crippen molar-refractivity contribution in [3.8, 4) is 5.75 Å². The van der Waals surface area contributed by atoms with Gasteiger partial charge in [0, 0.05) is 29.4 Å². The fraction of sp³-hybridized carbons (Fsp3) is 0.231. The number of rotatable bonds is 9. The first-order chi connectivity index (χ1) is 17.3. The molecule has 4 rings (SSSR count). The molecule has 1 heterocycles. The Balaban J connectivity index is 1.60. The van der Waals surface area contributed by atoms with Gasteiger partial charge in [-0.3, -0.25) is 13.9 Å². The molecule has 0 radical (unpaired) electrons. The van der Waals surface area contributed by atoms with Crippen molar-refractivity contribution in [1.82, 2.24) is 0 Å². The Morgan fingerprint density at radius 3 is 2.39 bits per heavy atom. The SMILES string of the molecule is CCOc1ccccc1N(CC(=O)Nc1ccc(N2CCCC2=O)cc1)S(=O)(=O)c1ccc(Cl)cc1. The van der Waals surface area contributed by atoms with Crippen molar-refractivity contribution in [3.63, 3.8) is 0 Å². The molecule has 3 aromatic carbocycles. The summed E-state index contributed by atoms with van der Waals surface area (Å²) in [7, 11) is -4.13. The summed E-state index contributed by atoms with van der Waals surface area (Å²) >= 11 is 5.95. The molecule has 1 aliphatic rings. The first-order valence-corrected chi connectivity index (χ1v) is 13.3. The van der Waals surface area contributed by atoms with Gasteiger partial charge in [-0.05, 0) is 74.0 Å². The first-order valence-electron chi connectivity index (χ1n) is 11.5. The number of halogens is 1. The van der Waals surface area contributed by atoms with Crippen LogP contribution < -0.4 is 19.3 Å². The Morgan fingerprint density at radius 1 is 1.06 bits per heavy atom. The van der Waals surface area contributed by atoms with Crippen molar-refractivity contribution in [2.75, 3.05) is 34.2 Å². The predicted octanol–water partition coefficient (Wildman–Crippen LogP) is 4.70. The van der Waals surface area contributed by atoms with Crippen molar-refractivity contribution >= 4 is 50.5 Å². The number of nitrogens with zero attached hydrogens (tertiary/aromatic N) is 2. The number of ether oxygens (including phenoxy) is 1. The van der Waals surface area contributed by atoms with Crippen LogP contribution in [0, 0.1) is 0 Å². The number of benzene rings is 3. The number of nitrogens with one attached hydrogen (secondary N) is 1. The molecule has 0 unspecified atom stereocenters. The average Bonchev–Trinajstić information content (AvgIpc) is 3.30. The number of amides is 2. The molecular weight excluding hydrogens is 502 g/mol. The summed E-state index contributed by atoms with van der Waals surface area (Å²) in [6.45, 7) is 2.30. The smallest absolute Gasteiger partial charge is 0.264 e. The van der Waals surface area contributed by atoms with Crippen LogP contribution in [0.3, 0.4) is 0 Å². The summed E-state index contributed by atoms with van der Waals surface area (Å²) in [4.78, 5) is 26.7. The number of hydrogen-bond donors (Lipinski definition) is 1. The molecule has 188 valence electrons. The number of para-hydroxylation sites is 2. The zero-order valence-electron chi connectivity index (χ0n) is 19.7. The molecule has 8 nitrogen and oxygen atoms in total.